The molecule has 3 amide bonds. The number of piperidine rings is 1. The molecule has 2 aliphatic rings. The number of nitrogens with zero attached hydrogens (tertiary/aromatic N) is 1. The van der Waals surface area contributed by atoms with Crippen molar-refractivity contribution in [1.82, 2.24) is 15.5 Å². The lowest BCUT2D eigenvalue weighted by atomic mass is 9.87. The maximum absolute atomic E-state index is 12.7. The van der Waals surface area contributed by atoms with Crippen LogP contribution >= 0.6 is 0 Å². The van der Waals surface area contributed by atoms with Crippen LogP contribution in [-0.4, -0.2) is 35.5 Å². The fourth-order valence-corrected chi connectivity index (χ4v) is 3.08. The highest BCUT2D eigenvalue weighted by Gasteiger charge is 2.47. The number of benzene rings is 1. The van der Waals surface area contributed by atoms with Crippen LogP contribution in [0.25, 0.3) is 0 Å². The zero-order valence-electron chi connectivity index (χ0n) is 12.2. The zero-order chi connectivity index (χ0) is 16.7. The number of halogens is 3. The van der Waals surface area contributed by atoms with Gasteiger partial charge in [-0.15, -0.1) is 0 Å². The van der Waals surface area contributed by atoms with Gasteiger partial charge in [-0.1, -0.05) is 18.2 Å². The molecule has 0 atom stereocenters. The summed E-state index contributed by atoms with van der Waals surface area (Å²) in [4.78, 5) is 25.1. The van der Waals surface area contributed by atoms with Crippen LogP contribution < -0.4 is 10.6 Å². The molecule has 3 rings (SSSR count). The minimum atomic E-state index is -4.35. The first-order valence-corrected chi connectivity index (χ1v) is 7.31. The summed E-state index contributed by atoms with van der Waals surface area (Å²) in [5.74, 6) is -0.318. The van der Waals surface area contributed by atoms with Crippen molar-refractivity contribution in [2.45, 2.75) is 31.1 Å². The van der Waals surface area contributed by atoms with E-state index in [0.717, 1.165) is 12.1 Å². The summed E-state index contributed by atoms with van der Waals surface area (Å²) in [6, 6.07) is 4.76. The first-order chi connectivity index (χ1) is 10.8. The Kier molecular flexibility index (Phi) is 3.79. The summed E-state index contributed by atoms with van der Waals surface area (Å²) in [7, 11) is 0. The largest absolute Gasteiger partial charge is 0.416 e. The summed E-state index contributed by atoms with van der Waals surface area (Å²) < 4.78 is 38.2. The summed E-state index contributed by atoms with van der Waals surface area (Å²) in [5.41, 5.74) is -0.942. The molecule has 0 radical (unpaired) electrons. The maximum Gasteiger partial charge on any atom is 0.416 e. The number of likely N-dealkylation sites (tertiary alicyclic amines) is 1. The molecule has 0 aromatic heterocycles. The minimum absolute atomic E-state index is 0.318. The fourth-order valence-electron chi connectivity index (χ4n) is 3.08. The van der Waals surface area contributed by atoms with Gasteiger partial charge in [0.05, 0.1) is 5.56 Å². The van der Waals surface area contributed by atoms with E-state index in [1.54, 1.807) is 6.07 Å². The van der Waals surface area contributed by atoms with E-state index in [1.165, 1.54) is 6.07 Å². The fraction of sp³-hybridized carbons (Fsp3) is 0.467. The van der Waals surface area contributed by atoms with Gasteiger partial charge in [0.25, 0.3) is 5.91 Å². The number of alkyl halides is 3. The molecule has 2 fully saturated rings. The van der Waals surface area contributed by atoms with Gasteiger partial charge >= 0.3 is 12.2 Å². The normalized spacial score (nSPS) is 21.3. The first-order valence-electron chi connectivity index (χ1n) is 7.31. The van der Waals surface area contributed by atoms with E-state index < -0.39 is 23.3 Å². The van der Waals surface area contributed by atoms with Crippen LogP contribution in [0.2, 0.25) is 0 Å². The van der Waals surface area contributed by atoms with Gasteiger partial charge in [0.15, 0.2) is 0 Å². The van der Waals surface area contributed by atoms with Crippen molar-refractivity contribution in [1.29, 1.82) is 0 Å². The van der Waals surface area contributed by atoms with E-state index in [0.29, 0.717) is 38.0 Å². The Morgan fingerprint density at radius 1 is 1.17 bits per heavy atom. The number of carbonyl (C=O) groups excluding carboxylic acids is 2. The van der Waals surface area contributed by atoms with Crippen molar-refractivity contribution in [3.63, 3.8) is 0 Å². The topological polar surface area (TPSA) is 61.4 Å². The van der Waals surface area contributed by atoms with Crippen LogP contribution in [0.1, 0.15) is 24.0 Å². The quantitative estimate of drug-likeness (QED) is 0.816. The third-order valence-corrected chi connectivity index (χ3v) is 4.38. The van der Waals surface area contributed by atoms with Gasteiger partial charge in [0, 0.05) is 19.6 Å². The Bertz CT molecular complexity index is 637. The average molecular weight is 327 g/mol. The lowest BCUT2D eigenvalue weighted by molar-refractivity contribution is -0.137. The number of amides is 3. The second-order valence-electron chi connectivity index (χ2n) is 5.96. The van der Waals surface area contributed by atoms with Gasteiger partial charge in [-0.2, -0.15) is 13.2 Å². The number of nitrogens with one attached hydrogen (secondary N) is 2. The van der Waals surface area contributed by atoms with Gasteiger partial charge < -0.3 is 5.32 Å². The number of carbonyl (C=O) groups is 2. The van der Waals surface area contributed by atoms with Gasteiger partial charge in [0.1, 0.15) is 5.54 Å². The average Bonchev–Trinajstić information content (AvgIpc) is 2.75. The van der Waals surface area contributed by atoms with E-state index in [-0.39, 0.29) is 5.91 Å². The summed E-state index contributed by atoms with van der Waals surface area (Å²) >= 11 is 0. The van der Waals surface area contributed by atoms with Gasteiger partial charge in [0.2, 0.25) is 0 Å². The van der Waals surface area contributed by atoms with Crippen molar-refractivity contribution in [3.05, 3.63) is 35.4 Å². The van der Waals surface area contributed by atoms with Crippen molar-refractivity contribution in [3.8, 4) is 0 Å². The highest BCUT2D eigenvalue weighted by Crippen LogP contribution is 2.30. The van der Waals surface area contributed by atoms with Crippen LogP contribution in [0.4, 0.5) is 18.0 Å². The Labute approximate surface area is 130 Å². The molecule has 0 bridgehead atoms. The summed E-state index contributed by atoms with van der Waals surface area (Å²) in [6.07, 6.45) is -3.46. The SMILES string of the molecule is O=C1NC(=O)C2(CCN(Cc3cccc(C(F)(F)F)c3)CC2)N1. The second-order valence-corrected chi connectivity index (χ2v) is 5.96. The monoisotopic (exact) mass is 327 g/mol. The number of hydrogen-bond acceptors (Lipinski definition) is 3. The molecule has 2 heterocycles. The van der Waals surface area contributed by atoms with E-state index in [4.69, 9.17) is 0 Å². The molecule has 1 aromatic carbocycles. The molecule has 8 heteroatoms. The van der Waals surface area contributed by atoms with Crippen molar-refractivity contribution in [2.75, 3.05) is 13.1 Å². The molecule has 23 heavy (non-hydrogen) atoms. The Balaban J connectivity index is 1.63. The molecule has 2 aliphatic heterocycles. The number of urea groups is 1. The van der Waals surface area contributed by atoms with E-state index in [1.807, 2.05) is 4.90 Å². The number of imide groups is 1. The Morgan fingerprint density at radius 2 is 1.87 bits per heavy atom. The van der Waals surface area contributed by atoms with Crippen LogP contribution in [0.3, 0.4) is 0 Å². The molecular formula is C15H16F3N3O2. The number of rotatable bonds is 2. The molecule has 5 nitrogen and oxygen atoms in total. The Hall–Kier alpha value is -2.09. The lowest BCUT2D eigenvalue weighted by Crippen LogP contribution is -2.54. The number of hydrogen-bond donors (Lipinski definition) is 2. The molecule has 2 N–H and O–H groups in total. The molecular weight excluding hydrogens is 311 g/mol. The van der Waals surface area contributed by atoms with Gasteiger partial charge in [-0.05, 0) is 24.5 Å². The molecule has 0 aliphatic carbocycles. The highest BCUT2D eigenvalue weighted by atomic mass is 19.4. The van der Waals surface area contributed by atoms with Gasteiger partial charge in [-0.25, -0.2) is 4.79 Å². The van der Waals surface area contributed by atoms with E-state index in [2.05, 4.69) is 10.6 Å². The smallest absolute Gasteiger partial charge is 0.323 e. The predicted molar refractivity (Wildman–Crippen MR) is 75.4 cm³/mol. The van der Waals surface area contributed by atoms with Crippen LogP contribution in [-0.2, 0) is 17.5 Å². The third kappa shape index (κ3) is 3.17. The molecule has 0 unspecified atom stereocenters. The first kappa shape index (κ1) is 15.8. The zero-order valence-corrected chi connectivity index (χ0v) is 12.2. The molecule has 0 saturated carbocycles. The van der Waals surface area contributed by atoms with Crippen molar-refractivity contribution >= 4 is 11.9 Å². The molecule has 1 spiro atoms. The third-order valence-electron chi connectivity index (χ3n) is 4.38. The minimum Gasteiger partial charge on any atom is -0.323 e. The molecule has 2 saturated heterocycles. The van der Waals surface area contributed by atoms with E-state index >= 15 is 0 Å². The summed E-state index contributed by atoms with van der Waals surface area (Å²) in [5, 5.41) is 4.89. The maximum atomic E-state index is 12.7. The lowest BCUT2D eigenvalue weighted by Gasteiger charge is -2.37. The molecule has 1 aromatic rings. The van der Waals surface area contributed by atoms with Crippen LogP contribution in [0.5, 0.6) is 0 Å². The second kappa shape index (κ2) is 5.52. The van der Waals surface area contributed by atoms with Crippen molar-refractivity contribution < 1.29 is 22.8 Å². The highest BCUT2D eigenvalue weighted by molar-refractivity contribution is 6.07. The standard InChI is InChI=1S/C15H16F3N3O2/c16-15(17,18)11-3-1-2-10(8-11)9-21-6-4-14(5-7-21)12(22)19-13(23)20-14/h1-3,8H,4-7,9H2,(H2,19,20,22,23). The van der Waals surface area contributed by atoms with E-state index in [9.17, 15) is 22.8 Å². The van der Waals surface area contributed by atoms with Crippen LogP contribution in [0.15, 0.2) is 24.3 Å². The predicted octanol–water partition coefficient (Wildman–Crippen LogP) is 1.88. The Morgan fingerprint density at radius 3 is 2.43 bits per heavy atom. The van der Waals surface area contributed by atoms with Gasteiger partial charge in [-0.3, -0.25) is 15.0 Å². The van der Waals surface area contributed by atoms with Crippen LogP contribution in [0, 0.1) is 0 Å². The van der Waals surface area contributed by atoms with Crippen molar-refractivity contribution in [2.24, 2.45) is 0 Å². The molecule has 124 valence electrons. The summed E-state index contributed by atoms with van der Waals surface area (Å²) in [6.45, 7) is 1.45.